The molecule has 1 N–H and O–H groups in total. The van der Waals surface area contributed by atoms with Gasteiger partial charge in [-0.15, -0.1) is 11.3 Å². The van der Waals surface area contributed by atoms with Crippen LogP contribution in [0.15, 0.2) is 69.3 Å². The van der Waals surface area contributed by atoms with E-state index in [9.17, 15) is 39.6 Å². The zero-order chi connectivity index (χ0) is 28.1. The number of aromatic nitrogens is 1. The van der Waals surface area contributed by atoms with Crippen LogP contribution in [0.1, 0.15) is 19.4 Å². The first-order valence-corrected chi connectivity index (χ1v) is 14.5. The zero-order valence-corrected chi connectivity index (χ0v) is 22.1. The summed E-state index contributed by atoms with van der Waals surface area (Å²) in [6.07, 6.45) is 2.64. The lowest BCUT2D eigenvalue weighted by Crippen LogP contribution is -2.43. The number of alkyl halides is 3. The third kappa shape index (κ3) is 4.74. The summed E-state index contributed by atoms with van der Waals surface area (Å²) in [6, 6.07) is 6.80. The minimum absolute atomic E-state index is 0.0576. The number of carbonyl (C=O) groups excluding carboxylic acids is 2. The third-order valence-electron chi connectivity index (χ3n) is 5.78. The zero-order valence-electron chi connectivity index (χ0n) is 19.6. The molecule has 1 aliphatic heterocycles. The second-order valence-electron chi connectivity index (χ2n) is 8.58. The fourth-order valence-electron chi connectivity index (χ4n) is 3.67. The van der Waals surface area contributed by atoms with E-state index < -0.39 is 47.7 Å². The van der Waals surface area contributed by atoms with E-state index in [1.165, 1.54) is 38.4 Å². The molecule has 1 saturated heterocycles. The van der Waals surface area contributed by atoms with E-state index in [-0.39, 0.29) is 22.1 Å². The summed E-state index contributed by atoms with van der Waals surface area (Å²) in [5.41, 5.74) is -6.69. The quantitative estimate of drug-likeness (QED) is 0.413. The molecular weight excluding hydrogens is 569 g/mol. The first kappa shape index (κ1) is 27.5. The van der Waals surface area contributed by atoms with E-state index in [4.69, 9.17) is 0 Å². The van der Waals surface area contributed by atoms with Crippen molar-refractivity contribution >= 4 is 54.5 Å². The van der Waals surface area contributed by atoms with Gasteiger partial charge in [-0.2, -0.15) is 13.2 Å². The highest BCUT2D eigenvalue weighted by Gasteiger charge is 2.52. The Morgan fingerprint density at radius 2 is 1.68 bits per heavy atom. The largest absolute Gasteiger partial charge is 0.501 e. The van der Waals surface area contributed by atoms with Crippen molar-refractivity contribution in [3.8, 4) is 0 Å². The molecule has 0 bridgehead atoms. The molecule has 16 heteroatoms. The van der Waals surface area contributed by atoms with Gasteiger partial charge in [0.15, 0.2) is 0 Å². The molecule has 3 aromatic rings. The van der Waals surface area contributed by atoms with Crippen LogP contribution in [-0.2, 0) is 31.2 Å². The SMILES string of the molecule is CC1(C)C(=O)N(c2ccc(S(=O)(=O)C(F)(F)F)cc2)C(=O)N1Cc1ccncc1NS(=O)(=O)c1cccs1. The maximum absolute atomic E-state index is 13.3. The van der Waals surface area contributed by atoms with Gasteiger partial charge in [0.25, 0.3) is 25.8 Å². The lowest BCUT2D eigenvalue weighted by Gasteiger charge is -2.28. The molecular formula is C22H19F3N4O6S3. The van der Waals surface area contributed by atoms with Crippen LogP contribution in [0, 0.1) is 0 Å². The van der Waals surface area contributed by atoms with Crippen LogP contribution in [0.3, 0.4) is 0 Å². The molecule has 0 unspecified atom stereocenters. The van der Waals surface area contributed by atoms with Crippen molar-refractivity contribution in [3.63, 3.8) is 0 Å². The number of sulfonamides is 1. The maximum atomic E-state index is 13.3. The minimum Gasteiger partial charge on any atom is -0.305 e. The lowest BCUT2D eigenvalue weighted by atomic mass is 10.0. The van der Waals surface area contributed by atoms with Gasteiger partial charge in [0, 0.05) is 6.20 Å². The van der Waals surface area contributed by atoms with Crippen molar-refractivity contribution in [2.75, 3.05) is 9.62 Å². The molecule has 202 valence electrons. The summed E-state index contributed by atoms with van der Waals surface area (Å²) >= 11 is 1.00. The molecule has 3 heterocycles. The average Bonchev–Trinajstić information content (AvgIpc) is 3.43. The third-order valence-corrected chi connectivity index (χ3v) is 10.0. The van der Waals surface area contributed by atoms with Gasteiger partial charge in [-0.25, -0.2) is 26.5 Å². The Bertz CT molecular complexity index is 1600. The van der Waals surface area contributed by atoms with Crippen LogP contribution < -0.4 is 9.62 Å². The number of pyridine rings is 1. The van der Waals surface area contributed by atoms with Gasteiger partial charge in [0.1, 0.15) is 9.75 Å². The molecule has 1 aliphatic rings. The second-order valence-corrected chi connectivity index (χ2v) is 13.4. The Morgan fingerprint density at radius 3 is 2.26 bits per heavy atom. The van der Waals surface area contributed by atoms with Crippen molar-refractivity contribution in [1.29, 1.82) is 0 Å². The van der Waals surface area contributed by atoms with Gasteiger partial charge in [0.2, 0.25) is 0 Å². The number of amides is 3. The van der Waals surface area contributed by atoms with Gasteiger partial charge in [-0.05, 0) is 61.2 Å². The summed E-state index contributed by atoms with van der Waals surface area (Å²) < 4.78 is 89.8. The van der Waals surface area contributed by atoms with Crippen molar-refractivity contribution < 1.29 is 39.6 Å². The van der Waals surface area contributed by atoms with E-state index >= 15 is 0 Å². The number of hydrogen-bond donors (Lipinski definition) is 1. The monoisotopic (exact) mass is 588 g/mol. The first-order chi connectivity index (χ1) is 17.6. The Labute approximate surface area is 219 Å². The van der Waals surface area contributed by atoms with E-state index in [2.05, 4.69) is 9.71 Å². The summed E-state index contributed by atoms with van der Waals surface area (Å²) in [6.45, 7) is 2.68. The molecule has 0 saturated carbocycles. The standard InChI is InChI=1S/C22H19F3N4O6S3/c1-21(2)19(30)29(15-5-7-16(8-6-15)37(32,33)22(23,24)25)20(31)28(21)13-14-9-10-26-12-17(14)27-38(34,35)18-4-3-11-36-18/h3-12,27H,13H2,1-2H3. The average molecular weight is 589 g/mol. The molecule has 4 rings (SSSR count). The summed E-state index contributed by atoms with van der Waals surface area (Å²) in [5.74, 6) is -0.719. The fraction of sp³-hybridized carbons (Fsp3) is 0.227. The smallest absolute Gasteiger partial charge is 0.305 e. The molecule has 3 amide bonds. The number of sulfone groups is 1. The highest BCUT2D eigenvalue weighted by molar-refractivity contribution is 7.94. The van der Waals surface area contributed by atoms with E-state index in [0.29, 0.717) is 17.7 Å². The number of imide groups is 1. The number of anilines is 2. The predicted octanol–water partition coefficient (Wildman–Crippen LogP) is 3.98. The number of nitrogens with zero attached hydrogens (tertiary/aromatic N) is 3. The van der Waals surface area contributed by atoms with Crippen LogP contribution in [-0.4, -0.2) is 49.7 Å². The molecule has 10 nitrogen and oxygen atoms in total. The van der Waals surface area contributed by atoms with Crippen molar-refractivity contribution in [3.05, 3.63) is 65.8 Å². The van der Waals surface area contributed by atoms with Crippen molar-refractivity contribution in [2.45, 2.75) is 40.5 Å². The molecule has 38 heavy (non-hydrogen) atoms. The predicted molar refractivity (Wildman–Crippen MR) is 132 cm³/mol. The Kier molecular flexibility index (Phi) is 6.78. The number of halogens is 3. The van der Waals surface area contributed by atoms with E-state index in [0.717, 1.165) is 33.3 Å². The number of rotatable bonds is 7. The number of benzene rings is 1. The van der Waals surface area contributed by atoms with Crippen LogP contribution >= 0.6 is 11.3 Å². The van der Waals surface area contributed by atoms with E-state index in [1.54, 1.807) is 11.4 Å². The highest BCUT2D eigenvalue weighted by atomic mass is 32.2. The van der Waals surface area contributed by atoms with Crippen molar-refractivity contribution in [1.82, 2.24) is 9.88 Å². The van der Waals surface area contributed by atoms with Crippen LogP contribution in [0.4, 0.5) is 29.3 Å². The van der Waals surface area contributed by atoms with Crippen LogP contribution in [0.2, 0.25) is 0 Å². The maximum Gasteiger partial charge on any atom is 0.501 e. The molecule has 1 fully saturated rings. The lowest BCUT2D eigenvalue weighted by molar-refractivity contribution is -0.123. The van der Waals surface area contributed by atoms with Gasteiger partial charge in [-0.3, -0.25) is 14.5 Å². The first-order valence-electron chi connectivity index (χ1n) is 10.6. The topological polar surface area (TPSA) is 134 Å². The number of carbonyl (C=O) groups is 2. The molecule has 0 atom stereocenters. The summed E-state index contributed by atoms with van der Waals surface area (Å²) in [5, 5.41) is 1.59. The molecule has 2 aromatic heterocycles. The molecule has 0 radical (unpaired) electrons. The van der Waals surface area contributed by atoms with Gasteiger partial charge < -0.3 is 4.90 Å². The summed E-state index contributed by atoms with van der Waals surface area (Å²) in [7, 11) is -9.56. The number of urea groups is 1. The minimum atomic E-state index is -5.61. The highest BCUT2D eigenvalue weighted by Crippen LogP contribution is 2.36. The normalized spacial score (nSPS) is 16.2. The van der Waals surface area contributed by atoms with E-state index in [1.807, 2.05) is 0 Å². The fourth-order valence-corrected chi connectivity index (χ4v) is 6.51. The number of nitrogens with one attached hydrogen (secondary N) is 1. The second kappa shape index (κ2) is 9.36. The van der Waals surface area contributed by atoms with Crippen LogP contribution in [0.25, 0.3) is 0 Å². The molecule has 1 aromatic carbocycles. The van der Waals surface area contributed by atoms with Crippen LogP contribution in [0.5, 0.6) is 0 Å². The van der Waals surface area contributed by atoms with Gasteiger partial charge in [0.05, 0.1) is 29.0 Å². The number of thiophene rings is 1. The van der Waals surface area contributed by atoms with Gasteiger partial charge in [-0.1, -0.05) is 6.07 Å². The Morgan fingerprint density at radius 1 is 1.03 bits per heavy atom. The Balaban J connectivity index is 1.63. The van der Waals surface area contributed by atoms with Crippen molar-refractivity contribution in [2.24, 2.45) is 0 Å². The molecule has 0 aliphatic carbocycles. The van der Waals surface area contributed by atoms with Gasteiger partial charge >= 0.3 is 11.5 Å². The molecule has 0 spiro atoms. The Hall–Kier alpha value is -3.50. The number of hydrogen-bond acceptors (Lipinski definition) is 8. The summed E-state index contributed by atoms with van der Waals surface area (Å²) in [4.78, 5) is 31.3.